The average Bonchev–Trinajstić information content (AvgIpc) is 3.42. The molecule has 1 saturated carbocycles. The summed E-state index contributed by atoms with van der Waals surface area (Å²) in [5.74, 6) is 0.769. The van der Waals surface area contributed by atoms with Gasteiger partial charge in [-0.1, -0.05) is 24.5 Å². The number of piperidine rings is 1. The van der Waals surface area contributed by atoms with Gasteiger partial charge in [0.05, 0.1) is 30.8 Å². The molecule has 158 valence electrons. The molecule has 0 amide bonds. The summed E-state index contributed by atoms with van der Waals surface area (Å²) in [6.45, 7) is 3.63. The predicted octanol–water partition coefficient (Wildman–Crippen LogP) is 1.07. The number of hydrogen-bond acceptors (Lipinski definition) is 5. The number of aryl methyl sites for hydroxylation is 1. The third-order valence-corrected chi connectivity index (χ3v) is 6.79. The molecular weight excluding hydrogens is 380 g/mol. The van der Waals surface area contributed by atoms with E-state index in [1.807, 2.05) is 22.9 Å². The van der Waals surface area contributed by atoms with Crippen molar-refractivity contribution in [2.24, 2.45) is 0 Å². The summed E-state index contributed by atoms with van der Waals surface area (Å²) in [6.07, 6.45) is 5.71. The number of aromatic amines is 1. The fraction of sp³-hybridized carbons (Fsp3) is 0.545. The van der Waals surface area contributed by atoms with Gasteiger partial charge in [0.15, 0.2) is 6.04 Å². The number of nitrogens with zero attached hydrogens (tertiary/aromatic N) is 4. The highest BCUT2D eigenvalue weighted by Gasteiger charge is 2.37. The van der Waals surface area contributed by atoms with E-state index in [0.29, 0.717) is 11.6 Å². The summed E-state index contributed by atoms with van der Waals surface area (Å²) >= 11 is 0. The van der Waals surface area contributed by atoms with Gasteiger partial charge >= 0.3 is 0 Å². The zero-order chi connectivity index (χ0) is 20.7. The Bertz CT molecular complexity index is 1090. The van der Waals surface area contributed by atoms with Crippen LogP contribution in [0.5, 0.6) is 0 Å². The molecule has 1 saturated heterocycles. The third-order valence-electron chi connectivity index (χ3n) is 6.79. The van der Waals surface area contributed by atoms with E-state index in [0.717, 1.165) is 61.1 Å². The fourth-order valence-electron chi connectivity index (χ4n) is 5.16. The normalized spacial score (nSPS) is 23.8. The van der Waals surface area contributed by atoms with Crippen LogP contribution in [0, 0.1) is 6.92 Å². The molecule has 1 aliphatic heterocycles. The summed E-state index contributed by atoms with van der Waals surface area (Å²) in [5.41, 5.74) is 2.61. The number of tetrazole rings is 1. The minimum absolute atomic E-state index is 0.0871. The van der Waals surface area contributed by atoms with Gasteiger partial charge in [0, 0.05) is 18.4 Å². The zero-order valence-electron chi connectivity index (χ0n) is 17.3. The maximum Gasteiger partial charge on any atom is 0.258 e. The second kappa shape index (κ2) is 7.92. The molecule has 8 heteroatoms. The topological polar surface area (TPSA) is 101 Å². The van der Waals surface area contributed by atoms with E-state index in [1.165, 1.54) is 17.7 Å². The lowest BCUT2D eigenvalue weighted by Crippen LogP contribution is -3.14. The number of fused-ring (bicyclic) bond motifs is 1. The molecule has 3 aromatic rings. The van der Waals surface area contributed by atoms with Crippen LogP contribution < -0.4 is 10.5 Å². The lowest BCUT2D eigenvalue weighted by molar-refractivity contribution is -0.932. The zero-order valence-corrected chi connectivity index (χ0v) is 17.3. The number of aliphatic hydroxyl groups is 1. The summed E-state index contributed by atoms with van der Waals surface area (Å²) in [6, 6.07) is 8.12. The number of quaternary nitrogens is 1. The van der Waals surface area contributed by atoms with Crippen LogP contribution in [0.3, 0.4) is 0 Å². The van der Waals surface area contributed by atoms with Crippen LogP contribution >= 0.6 is 0 Å². The van der Waals surface area contributed by atoms with E-state index >= 15 is 0 Å². The maximum absolute atomic E-state index is 13.2. The van der Waals surface area contributed by atoms with Gasteiger partial charge in [-0.25, -0.2) is 4.68 Å². The molecule has 0 unspecified atom stereocenters. The highest BCUT2D eigenvalue weighted by molar-refractivity contribution is 5.79. The van der Waals surface area contributed by atoms with Gasteiger partial charge in [-0.15, -0.1) is 5.10 Å². The molecule has 1 aromatic carbocycles. The van der Waals surface area contributed by atoms with Crippen molar-refractivity contribution in [1.29, 1.82) is 0 Å². The van der Waals surface area contributed by atoms with Gasteiger partial charge in [0.25, 0.3) is 5.56 Å². The summed E-state index contributed by atoms with van der Waals surface area (Å²) < 4.78 is 1.97. The smallest absolute Gasteiger partial charge is 0.258 e. The Hall–Kier alpha value is -2.58. The van der Waals surface area contributed by atoms with E-state index in [2.05, 4.69) is 33.5 Å². The predicted molar refractivity (Wildman–Crippen MR) is 112 cm³/mol. The number of nitrogens with one attached hydrogen (secondary N) is 2. The Morgan fingerprint density at radius 2 is 1.93 bits per heavy atom. The standard InChI is InChI=1S/C22H28N6O2/c1-14-6-7-19-15(12-14)13-18(22(30)23-19)20(27-10-8-17(29)9-11-27)21-24-25-26-28(21)16-4-2-3-5-16/h6-7,12-13,16-17,20,29H,2-5,8-11H2,1H3,(H,23,30)/p+1/t20-/m1/s1. The van der Waals surface area contributed by atoms with E-state index in [1.54, 1.807) is 0 Å². The van der Waals surface area contributed by atoms with Crippen molar-refractivity contribution in [2.45, 2.75) is 63.6 Å². The minimum atomic E-state index is -0.266. The Morgan fingerprint density at radius 3 is 2.70 bits per heavy atom. The van der Waals surface area contributed by atoms with Crippen LogP contribution in [0.4, 0.5) is 0 Å². The molecule has 2 fully saturated rings. The fourth-order valence-corrected chi connectivity index (χ4v) is 5.16. The molecule has 0 radical (unpaired) electrons. The van der Waals surface area contributed by atoms with Crippen molar-refractivity contribution in [3.63, 3.8) is 0 Å². The quantitative estimate of drug-likeness (QED) is 0.598. The number of pyridine rings is 1. The number of rotatable bonds is 4. The van der Waals surface area contributed by atoms with Crippen LogP contribution in [-0.4, -0.2) is 49.5 Å². The number of aliphatic hydroxyl groups excluding tert-OH is 1. The summed E-state index contributed by atoms with van der Waals surface area (Å²) in [7, 11) is 0. The van der Waals surface area contributed by atoms with E-state index in [-0.39, 0.29) is 17.7 Å². The van der Waals surface area contributed by atoms with Crippen LogP contribution in [0.25, 0.3) is 10.9 Å². The lowest BCUT2D eigenvalue weighted by atomic mass is 9.99. The molecular formula is C22H29N6O2+. The number of aromatic nitrogens is 5. The van der Waals surface area contributed by atoms with Crippen molar-refractivity contribution in [1.82, 2.24) is 25.2 Å². The lowest BCUT2D eigenvalue weighted by Gasteiger charge is -2.32. The minimum Gasteiger partial charge on any atom is -0.393 e. The molecule has 1 aliphatic carbocycles. The van der Waals surface area contributed by atoms with E-state index in [4.69, 9.17) is 0 Å². The van der Waals surface area contributed by atoms with Crippen molar-refractivity contribution < 1.29 is 10.0 Å². The first-order valence-electron chi connectivity index (χ1n) is 11.0. The van der Waals surface area contributed by atoms with E-state index < -0.39 is 0 Å². The number of likely N-dealkylation sites (tertiary alicyclic amines) is 1. The van der Waals surface area contributed by atoms with Crippen LogP contribution in [-0.2, 0) is 0 Å². The molecule has 8 nitrogen and oxygen atoms in total. The van der Waals surface area contributed by atoms with Gasteiger partial charge in [-0.05, 0) is 53.8 Å². The summed E-state index contributed by atoms with van der Waals surface area (Å²) in [4.78, 5) is 17.5. The Balaban J connectivity index is 1.64. The SMILES string of the molecule is Cc1ccc2[nH]c(=O)c([C@H](c3nnnn3C3CCCC3)[NH+]3CCC(O)CC3)cc2c1. The van der Waals surface area contributed by atoms with Gasteiger partial charge in [0.1, 0.15) is 0 Å². The number of H-pyrrole nitrogens is 1. The van der Waals surface area contributed by atoms with Gasteiger partial charge < -0.3 is 15.0 Å². The molecule has 3 N–H and O–H groups in total. The molecule has 3 heterocycles. The molecule has 30 heavy (non-hydrogen) atoms. The Labute approximate surface area is 174 Å². The first-order chi connectivity index (χ1) is 14.6. The third kappa shape index (κ3) is 3.54. The largest absolute Gasteiger partial charge is 0.393 e. The summed E-state index contributed by atoms with van der Waals surface area (Å²) in [5, 5.41) is 23.9. The molecule has 1 atom stereocenters. The van der Waals surface area contributed by atoms with Crippen molar-refractivity contribution in [3.05, 3.63) is 51.6 Å². The first-order valence-corrected chi connectivity index (χ1v) is 11.0. The highest BCUT2D eigenvalue weighted by atomic mass is 16.3. The molecule has 2 aromatic heterocycles. The van der Waals surface area contributed by atoms with Crippen LogP contribution in [0.15, 0.2) is 29.1 Å². The van der Waals surface area contributed by atoms with Crippen molar-refractivity contribution >= 4 is 10.9 Å². The maximum atomic E-state index is 13.2. The second-order valence-corrected chi connectivity index (χ2v) is 8.89. The monoisotopic (exact) mass is 409 g/mol. The molecule has 5 rings (SSSR count). The number of hydrogen-bond donors (Lipinski definition) is 3. The molecule has 0 bridgehead atoms. The Kier molecular flexibility index (Phi) is 5.12. The first kappa shape index (κ1) is 19.4. The Morgan fingerprint density at radius 1 is 1.17 bits per heavy atom. The van der Waals surface area contributed by atoms with Crippen molar-refractivity contribution in [3.8, 4) is 0 Å². The second-order valence-electron chi connectivity index (χ2n) is 8.89. The highest BCUT2D eigenvalue weighted by Crippen LogP contribution is 2.31. The molecule has 2 aliphatic rings. The molecule has 0 spiro atoms. The number of benzene rings is 1. The average molecular weight is 410 g/mol. The van der Waals surface area contributed by atoms with Gasteiger partial charge in [-0.2, -0.15) is 0 Å². The van der Waals surface area contributed by atoms with Gasteiger partial charge in [-0.3, -0.25) is 4.79 Å². The van der Waals surface area contributed by atoms with Crippen molar-refractivity contribution in [2.75, 3.05) is 13.1 Å². The van der Waals surface area contributed by atoms with Gasteiger partial charge in [0.2, 0.25) is 5.82 Å². The van der Waals surface area contributed by atoms with Crippen LogP contribution in [0.2, 0.25) is 0 Å². The van der Waals surface area contributed by atoms with Crippen LogP contribution in [0.1, 0.15) is 67.6 Å². The van der Waals surface area contributed by atoms with E-state index in [9.17, 15) is 9.90 Å².